The molecular weight excluding hydrogens is 394 g/mol. The monoisotopic (exact) mass is 407 g/mol. The molecule has 124 valence electrons. The molecule has 0 heterocycles. The molecule has 2 rings (SSSR count). The van der Waals surface area contributed by atoms with Crippen molar-refractivity contribution >= 4 is 50.8 Å². The lowest BCUT2D eigenvalue weighted by molar-refractivity contribution is -0.121. The number of halogens is 1. The van der Waals surface area contributed by atoms with Gasteiger partial charge >= 0.3 is 0 Å². The molecule has 24 heavy (non-hydrogen) atoms. The zero-order valence-corrected chi connectivity index (χ0v) is 14.8. The van der Waals surface area contributed by atoms with E-state index in [4.69, 9.17) is 22.7 Å². The maximum Gasteiger partial charge on any atom is 0.264 e. The summed E-state index contributed by atoms with van der Waals surface area (Å²) in [6.45, 7) is -0.194. The smallest absolute Gasteiger partial charge is 0.264 e. The zero-order chi connectivity index (χ0) is 17.5. The second-order valence-electron chi connectivity index (χ2n) is 4.65. The summed E-state index contributed by atoms with van der Waals surface area (Å²) in [5.41, 5.74) is 5.98. The van der Waals surface area contributed by atoms with Crippen molar-refractivity contribution in [1.29, 1.82) is 0 Å². The molecule has 0 atom stereocenters. The fourth-order valence-electron chi connectivity index (χ4n) is 1.80. The molecule has 0 unspecified atom stereocenters. The van der Waals surface area contributed by atoms with Crippen LogP contribution in [-0.2, 0) is 4.79 Å². The van der Waals surface area contributed by atoms with Crippen molar-refractivity contribution in [3.63, 3.8) is 0 Å². The number of carbonyl (C=O) groups excluding carboxylic acids is 2. The van der Waals surface area contributed by atoms with Gasteiger partial charge < -0.3 is 15.8 Å². The lowest BCUT2D eigenvalue weighted by Crippen LogP contribution is -2.37. The van der Waals surface area contributed by atoms with Crippen molar-refractivity contribution < 1.29 is 14.3 Å². The van der Waals surface area contributed by atoms with Crippen LogP contribution in [0.5, 0.6) is 5.75 Å². The maximum absolute atomic E-state index is 11.8. The number of amides is 2. The normalized spacial score (nSPS) is 9.88. The highest BCUT2D eigenvalue weighted by Gasteiger charge is 2.10. The molecule has 2 amide bonds. The average molecular weight is 408 g/mol. The van der Waals surface area contributed by atoms with E-state index < -0.39 is 11.8 Å². The summed E-state index contributed by atoms with van der Waals surface area (Å²) in [6.07, 6.45) is 0. The molecule has 8 heteroatoms. The average Bonchev–Trinajstić information content (AvgIpc) is 2.54. The highest BCUT2D eigenvalue weighted by atomic mass is 79.9. The van der Waals surface area contributed by atoms with Crippen LogP contribution < -0.4 is 21.1 Å². The molecule has 2 aromatic carbocycles. The van der Waals surface area contributed by atoms with Gasteiger partial charge in [-0.15, -0.1) is 0 Å². The van der Waals surface area contributed by atoms with Gasteiger partial charge in [0.1, 0.15) is 5.75 Å². The van der Waals surface area contributed by atoms with Crippen LogP contribution in [0, 0.1) is 0 Å². The van der Waals surface area contributed by atoms with Crippen molar-refractivity contribution in [1.82, 2.24) is 5.32 Å². The van der Waals surface area contributed by atoms with E-state index in [2.05, 4.69) is 26.6 Å². The maximum atomic E-state index is 11.8. The lowest BCUT2D eigenvalue weighted by Gasteiger charge is -2.12. The number of ether oxygens (including phenoxy) is 1. The Hall–Kier alpha value is -2.45. The fourth-order valence-corrected chi connectivity index (χ4v) is 2.29. The molecule has 2 aromatic rings. The molecule has 0 saturated heterocycles. The van der Waals surface area contributed by atoms with Gasteiger partial charge in [-0.05, 0) is 48.6 Å². The van der Waals surface area contributed by atoms with E-state index in [1.807, 2.05) is 0 Å². The number of primary amides is 1. The predicted molar refractivity (Wildman–Crippen MR) is 99.0 cm³/mol. The number of hydrogen-bond donors (Lipinski definition) is 3. The summed E-state index contributed by atoms with van der Waals surface area (Å²) in [5, 5.41) is 5.29. The Bertz CT molecular complexity index is 765. The first-order valence-electron chi connectivity index (χ1n) is 6.84. The van der Waals surface area contributed by atoms with Crippen molar-refractivity contribution in [3.8, 4) is 5.75 Å². The van der Waals surface area contributed by atoms with Crippen molar-refractivity contribution in [2.75, 3.05) is 11.9 Å². The molecule has 0 radical (unpaired) electrons. The van der Waals surface area contributed by atoms with E-state index >= 15 is 0 Å². The summed E-state index contributed by atoms with van der Waals surface area (Å²) in [7, 11) is 0. The number of thiocarbonyl (C=S) groups is 1. The molecule has 4 N–H and O–H groups in total. The predicted octanol–water partition coefficient (Wildman–Crippen LogP) is 2.44. The van der Waals surface area contributed by atoms with Crippen LogP contribution in [0.2, 0.25) is 0 Å². The Labute approximate surface area is 152 Å². The second kappa shape index (κ2) is 8.42. The van der Waals surface area contributed by atoms with Gasteiger partial charge in [0, 0.05) is 4.47 Å². The first-order chi connectivity index (χ1) is 11.5. The number of carbonyl (C=O) groups is 2. The first-order valence-corrected chi connectivity index (χ1v) is 8.04. The number of anilines is 1. The minimum Gasteiger partial charge on any atom is -0.484 e. The van der Waals surface area contributed by atoms with Crippen LogP contribution in [0.1, 0.15) is 10.4 Å². The summed E-state index contributed by atoms with van der Waals surface area (Å²) in [5.74, 6) is -0.455. The van der Waals surface area contributed by atoms with Crippen LogP contribution in [-0.4, -0.2) is 23.5 Å². The number of benzene rings is 2. The number of hydrogen-bond acceptors (Lipinski definition) is 4. The Morgan fingerprint density at radius 1 is 1.12 bits per heavy atom. The van der Waals surface area contributed by atoms with Gasteiger partial charge in [0.25, 0.3) is 11.8 Å². The van der Waals surface area contributed by atoms with Gasteiger partial charge in [-0.2, -0.15) is 0 Å². The van der Waals surface area contributed by atoms with E-state index in [0.717, 1.165) is 4.47 Å². The zero-order valence-electron chi connectivity index (χ0n) is 12.4. The largest absolute Gasteiger partial charge is 0.484 e. The number of para-hydroxylation sites is 1. The highest BCUT2D eigenvalue weighted by Crippen LogP contribution is 2.16. The van der Waals surface area contributed by atoms with Gasteiger partial charge in [0.15, 0.2) is 11.7 Å². The van der Waals surface area contributed by atoms with E-state index in [-0.39, 0.29) is 17.3 Å². The van der Waals surface area contributed by atoms with Gasteiger partial charge in [0.2, 0.25) is 0 Å². The van der Waals surface area contributed by atoms with E-state index in [1.165, 1.54) is 0 Å². The van der Waals surface area contributed by atoms with E-state index in [1.54, 1.807) is 48.5 Å². The third kappa shape index (κ3) is 5.32. The first kappa shape index (κ1) is 17.9. The molecule has 0 aromatic heterocycles. The van der Waals surface area contributed by atoms with Gasteiger partial charge in [-0.25, -0.2) is 0 Å². The molecule has 0 bridgehead atoms. The van der Waals surface area contributed by atoms with Crippen molar-refractivity contribution in [2.45, 2.75) is 0 Å². The number of nitrogens with one attached hydrogen (secondary N) is 2. The highest BCUT2D eigenvalue weighted by molar-refractivity contribution is 9.10. The Kier molecular flexibility index (Phi) is 6.28. The molecule has 0 aliphatic heterocycles. The molecule has 0 aliphatic rings. The quantitative estimate of drug-likeness (QED) is 0.661. The minimum atomic E-state index is -0.592. The number of rotatable bonds is 5. The molecule has 0 saturated carbocycles. The lowest BCUT2D eigenvalue weighted by atomic mass is 10.1. The van der Waals surface area contributed by atoms with Crippen molar-refractivity contribution in [2.24, 2.45) is 5.73 Å². The Morgan fingerprint density at radius 3 is 2.46 bits per heavy atom. The third-order valence-corrected chi connectivity index (χ3v) is 3.61. The molecular formula is C16H14BrN3O3S. The topological polar surface area (TPSA) is 93.5 Å². The molecule has 6 nitrogen and oxygen atoms in total. The summed E-state index contributed by atoms with van der Waals surface area (Å²) in [4.78, 5) is 23.2. The van der Waals surface area contributed by atoms with Crippen LogP contribution in [0.3, 0.4) is 0 Å². The minimum absolute atomic E-state index is 0.0492. The van der Waals surface area contributed by atoms with Crippen molar-refractivity contribution in [3.05, 3.63) is 58.6 Å². The summed E-state index contributed by atoms with van der Waals surface area (Å²) < 4.78 is 6.26. The Balaban J connectivity index is 1.87. The SMILES string of the molecule is NC(=O)c1ccccc1NC(=S)NC(=O)COc1ccc(Br)cc1. The number of nitrogens with two attached hydrogens (primary N) is 1. The van der Waals surface area contributed by atoms with Crippen LogP contribution in [0.4, 0.5) is 5.69 Å². The van der Waals surface area contributed by atoms with Gasteiger partial charge in [-0.3, -0.25) is 14.9 Å². The van der Waals surface area contributed by atoms with Gasteiger partial charge in [-0.1, -0.05) is 28.1 Å². The van der Waals surface area contributed by atoms with Gasteiger partial charge in [0.05, 0.1) is 11.3 Å². The molecule has 0 spiro atoms. The van der Waals surface area contributed by atoms with E-state index in [9.17, 15) is 9.59 Å². The third-order valence-electron chi connectivity index (χ3n) is 2.88. The van der Waals surface area contributed by atoms with E-state index in [0.29, 0.717) is 11.4 Å². The van der Waals surface area contributed by atoms with Crippen LogP contribution in [0.25, 0.3) is 0 Å². The summed E-state index contributed by atoms with van der Waals surface area (Å²) in [6, 6.07) is 13.7. The molecule has 0 fully saturated rings. The van der Waals surface area contributed by atoms with Crippen LogP contribution >= 0.6 is 28.1 Å². The molecule has 0 aliphatic carbocycles. The standard InChI is InChI=1S/C16H14BrN3O3S/c17-10-5-7-11(8-6-10)23-9-14(21)20-16(24)19-13-4-2-1-3-12(13)15(18)22/h1-8H,9H2,(H2,18,22)(H2,19,20,21,24). The summed E-state index contributed by atoms with van der Waals surface area (Å²) >= 11 is 8.36. The van der Waals surface area contributed by atoms with Crippen LogP contribution in [0.15, 0.2) is 53.0 Å². The fraction of sp³-hybridized carbons (Fsp3) is 0.0625. The Morgan fingerprint density at radius 2 is 1.79 bits per heavy atom. The second-order valence-corrected chi connectivity index (χ2v) is 5.98.